The quantitative estimate of drug-likeness (QED) is 0.390. The number of fused-ring (bicyclic) bond motifs is 3. The van der Waals surface area contributed by atoms with Gasteiger partial charge in [-0.3, -0.25) is 9.20 Å². The smallest absolute Gasteiger partial charge is 0.237 e. The Morgan fingerprint density at radius 1 is 1.10 bits per heavy atom. The van der Waals surface area contributed by atoms with Crippen molar-refractivity contribution in [2.45, 2.75) is 44.5 Å². The Morgan fingerprint density at radius 3 is 2.63 bits per heavy atom. The topological polar surface area (TPSA) is 59.3 Å². The molecular formula is C23H23ClN4OS. The van der Waals surface area contributed by atoms with Crippen molar-refractivity contribution in [3.8, 4) is 0 Å². The molecule has 1 N–H and O–H groups in total. The van der Waals surface area contributed by atoms with Gasteiger partial charge in [-0.1, -0.05) is 54.6 Å². The maximum absolute atomic E-state index is 13.0. The number of aryl methyl sites for hydroxylation is 3. The molecule has 1 atom stereocenters. The van der Waals surface area contributed by atoms with Crippen LogP contribution in [0.15, 0.2) is 47.6 Å². The fraction of sp³-hybridized carbons (Fsp3) is 0.261. The van der Waals surface area contributed by atoms with E-state index in [1.807, 2.05) is 32.0 Å². The van der Waals surface area contributed by atoms with Gasteiger partial charge in [-0.05, 0) is 62.1 Å². The van der Waals surface area contributed by atoms with Gasteiger partial charge in [0.15, 0.2) is 10.8 Å². The molecule has 0 saturated carbocycles. The summed E-state index contributed by atoms with van der Waals surface area (Å²) in [6, 6.07) is 13.8. The number of thioether (sulfide) groups is 1. The van der Waals surface area contributed by atoms with E-state index in [-0.39, 0.29) is 11.2 Å². The third-order valence-electron chi connectivity index (χ3n) is 5.24. The average molecular weight is 439 g/mol. The highest BCUT2D eigenvalue weighted by Crippen LogP contribution is 2.31. The number of nitrogens with one attached hydrogen (secondary N) is 1. The zero-order valence-electron chi connectivity index (χ0n) is 17.4. The van der Waals surface area contributed by atoms with Crippen LogP contribution in [0.2, 0.25) is 5.02 Å². The minimum atomic E-state index is -0.308. The summed E-state index contributed by atoms with van der Waals surface area (Å²) in [5.41, 5.74) is 5.85. The lowest BCUT2D eigenvalue weighted by Gasteiger charge is -2.15. The van der Waals surface area contributed by atoms with Crippen LogP contribution in [0, 0.1) is 20.8 Å². The highest BCUT2D eigenvalue weighted by atomic mass is 35.5. The Balaban J connectivity index is 1.68. The maximum atomic E-state index is 13.0. The molecule has 7 heteroatoms. The summed E-state index contributed by atoms with van der Waals surface area (Å²) in [5.74, 6) is -0.0766. The van der Waals surface area contributed by atoms with Crippen molar-refractivity contribution in [3.05, 3.63) is 64.2 Å². The number of carbonyl (C=O) groups excluding carboxylic acids is 1. The van der Waals surface area contributed by atoms with Crippen molar-refractivity contribution in [1.29, 1.82) is 0 Å². The Bertz CT molecular complexity index is 1270. The van der Waals surface area contributed by atoms with Gasteiger partial charge in [0.05, 0.1) is 10.8 Å². The van der Waals surface area contributed by atoms with Gasteiger partial charge >= 0.3 is 0 Å². The lowest BCUT2D eigenvalue weighted by molar-refractivity contribution is -0.115. The summed E-state index contributed by atoms with van der Waals surface area (Å²) < 4.78 is 2.06. The first kappa shape index (κ1) is 20.7. The molecule has 0 aliphatic rings. The van der Waals surface area contributed by atoms with Gasteiger partial charge in [0, 0.05) is 16.1 Å². The summed E-state index contributed by atoms with van der Waals surface area (Å²) in [5, 5.41) is 14.0. The molecule has 0 bridgehead atoms. The molecule has 2 aromatic carbocycles. The zero-order valence-corrected chi connectivity index (χ0v) is 18.9. The number of pyridine rings is 1. The number of rotatable bonds is 5. The number of anilines is 1. The first-order chi connectivity index (χ1) is 14.4. The average Bonchev–Trinajstić information content (AvgIpc) is 3.11. The van der Waals surface area contributed by atoms with E-state index in [2.05, 4.69) is 52.0 Å². The Kier molecular flexibility index (Phi) is 5.71. The molecule has 0 aliphatic carbocycles. The summed E-state index contributed by atoms with van der Waals surface area (Å²) in [6.07, 6.45) is 0.660. The van der Waals surface area contributed by atoms with Crippen LogP contribution in [0.25, 0.3) is 16.6 Å². The lowest BCUT2D eigenvalue weighted by Crippen LogP contribution is -2.24. The van der Waals surface area contributed by atoms with Crippen LogP contribution in [0.4, 0.5) is 5.69 Å². The molecule has 4 rings (SSSR count). The van der Waals surface area contributed by atoms with E-state index in [4.69, 9.17) is 11.6 Å². The van der Waals surface area contributed by atoms with E-state index in [0.29, 0.717) is 22.3 Å². The van der Waals surface area contributed by atoms with Gasteiger partial charge < -0.3 is 5.32 Å². The SMILES string of the molecule is CCC(Sc1nnc2cc(C)c3cccc(C)c3n12)C(=O)Nc1ccc(C)c(Cl)c1. The summed E-state index contributed by atoms with van der Waals surface area (Å²) in [6.45, 7) is 8.10. The fourth-order valence-corrected chi connectivity index (χ4v) is 4.70. The molecule has 2 aromatic heterocycles. The number of nitrogens with zero attached hydrogens (tertiary/aromatic N) is 3. The first-order valence-corrected chi connectivity index (χ1v) is 11.1. The van der Waals surface area contributed by atoms with Crippen LogP contribution >= 0.6 is 23.4 Å². The number of amides is 1. The Labute approximate surface area is 184 Å². The number of hydrogen-bond acceptors (Lipinski definition) is 4. The molecule has 5 nitrogen and oxygen atoms in total. The number of aromatic nitrogens is 3. The second-order valence-electron chi connectivity index (χ2n) is 7.44. The molecule has 30 heavy (non-hydrogen) atoms. The number of carbonyl (C=O) groups is 1. The number of hydrogen-bond donors (Lipinski definition) is 1. The normalized spacial score (nSPS) is 12.4. The summed E-state index contributed by atoms with van der Waals surface area (Å²) in [4.78, 5) is 13.0. The summed E-state index contributed by atoms with van der Waals surface area (Å²) in [7, 11) is 0. The second-order valence-corrected chi connectivity index (χ2v) is 9.02. The lowest BCUT2D eigenvalue weighted by atomic mass is 10.1. The molecule has 4 aromatic rings. The largest absolute Gasteiger partial charge is 0.325 e. The van der Waals surface area contributed by atoms with E-state index in [0.717, 1.165) is 33.2 Å². The molecule has 0 aliphatic heterocycles. The van der Waals surface area contributed by atoms with Crippen LogP contribution in [0.1, 0.15) is 30.0 Å². The minimum Gasteiger partial charge on any atom is -0.325 e. The van der Waals surface area contributed by atoms with Crippen LogP contribution < -0.4 is 5.32 Å². The van der Waals surface area contributed by atoms with Gasteiger partial charge in [-0.15, -0.1) is 10.2 Å². The first-order valence-electron chi connectivity index (χ1n) is 9.86. The Morgan fingerprint density at radius 2 is 1.90 bits per heavy atom. The van der Waals surface area contributed by atoms with Crippen molar-refractivity contribution in [3.63, 3.8) is 0 Å². The van der Waals surface area contributed by atoms with Crippen LogP contribution in [0.3, 0.4) is 0 Å². The van der Waals surface area contributed by atoms with Gasteiger partial charge in [0.2, 0.25) is 5.91 Å². The molecular weight excluding hydrogens is 416 g/mol. The minimum absolute atomic E-state index is 0.0766. The molecule has 2 heterocycles. The van der Waals surface area contributed by atoms with Crippen molar-refractivity contribution < 1.29 is 4.79 Å². The third kappa shape index (κ3) is 3.77. The molecule has 0 fully saturated rings. The van der Waals surface area contributed by atoms with Gasteiger partial charge in [-0.2, -0.15) is 0 Å². The highest BCUT2D eigenvalue weighted by molar-refractivity contribution is 8.00. The molecule has 1 unspecified atom stereocenters. The van der Waals surface area contributed by atoms with Crippen molar-refractivity contribution in [2.24, 2.45) is 0 Å². The van der Waals surface area contributed by atoms with Crippen LogP contribution in [-0.2, 0) is 4.79 Å². The second kappa shape index (κ2) is 8.28. The van der Waals surface area contributed by atoms with Gasteiger partial charge in [0.25, 0.3) is 0 Å². The predicted molar refractivity (Wildman–Crippen MR) is 125 cm³/mol. The molecule has 154 valence electrons. The maximum Gasteiger partial charge on any atom is 0.237 e. The van der Waals surface area contributed by atoms with E-state index in [1.165, 1.54) is 11.8 Å². The van der Waals surface area contributed by atoms with Gasteiger partial charge in [0.1, 0.15) is 0 Å². The van der Waals surface area contributed by atoms with E-state index >= 15 is 0 Å². The highest BCUT2D eigenvalue weighted by Gasteiger charge is 2.22. The standard InChI is InChI=1S/C23H23ClN4OS/c1-5-19(22(29)25-16-10-9-13(2)18(24)12-16)30-23-27-26-20-11-15(4)17-8-6-7-14(3)21(17)28(20)23/h6-12,19H,5H2,1-4H3,(H,25,29). The van der Waals surface area contributed by atoms with Crippen LogP contribution in [-0.4, -0.2) is 25.8 Å². The number of para-hydroxylation sites is 1. The summed E-state index contributed by atoms with van der Waals surface area (Å²) >= 11 is 7.63. The van der Waals surface area contributed by atoms with Crippen LogP contribution in [0.5, 0.6) is 0 Å². The monoisotopic (exact) mass is 438 g/mol. The molecule has 0 spiro atoms. The van der Waals surface area contributed by atoms with Gasteiger partial charge in [-0.25, -0.2) is 0 Å². The molecule has 1 amide bonds. The zero-order chi connectivity index (χ0) is 21.4. The third-order valence-corrected chi connectivity index (χ3v) is 6.95. The number of halogens is 1. The van der Waals surface area contributed by atoms with E-state index in [9.17, 15) is 4.79 Å². The predicted octanol–water partition coefficient (Wildman–Crippen LogP) is 5.97. The Hall–Kier alpha value is -2.57. The van der Waals surface area contributed by atoms with Crippen molar-refractivity contribution in [2.75, 3.05) is 5.32 Å². The number of benzene rings is 2. The molecule has 0 saturated heterocycles. The fourth-order valence-electron chi connectivity index (χ4n) is 3.55. The van der Waals surface area contributed by atoms with E-state index in [1.54, 1.807) is 6.07 Å². The van der Waals surface area contributed by atoms with Crippen molar-refractivity contribution >= 4 is 51.5 Å². The van der Waals surface area contributed by atoms with Crippen molar-refractivity contribution in [1.82, 2.24) is 14.6 Å². The van der Waals surface area contributed by atoms with E-state index < -0.39 is 0 Å². The molecule has 0 radical (unpaired) electrons.